The zero-order valence-electron chi connectivity index (χ0n) is 16.8. The zero-order valence-corrected chi connectivity index (χ0v) is 16.8. The van der Waals surface area contributed by atoms with Crippen LogP contribution >= 0.6 is 0 Å². The number of esters is 2. The van der Waals surface area contributed by atoms with Crippen molar-refractivity contribution in [3.05, 3.63) is 22.5 Å². The number of carboxylic acids is 1. The summed E-state index contributed by atoms with van der Waals surface area (Å²) >= 11 is 0. The highest BCUT2D eigenvalue weighted by Crippen LogP contribution is 2.35. The number of hydrogen-bond donors (Lipinski definition) is 2. The first-order valence-corrected chi connectivity index (χ1v) is 9.08. The molecule has 30 heavy (non-hydrogen) atoms. The molecule has 166 valence electrons. The fourth-order valence-electron chi connectivity index (χ4n) is 3.74. The van der Waals surface area contributed by atoms with E-state index in [1.165, 1.54) is 7.11 Å². The molecule has 12 heteroatoms. The first-order chi connectivity index (χ1) is 13.9. The van der Waals surface area contributed by atoms with E-state index in [9.17, 15) is 22.8 Å². The highest BCUT2D eigenvalue weighted by molar-refractivity contribution is 5.96. The van der Waals surface area contributed by atoms with Crippen molar-refractivity contribution in [1.82, 2.24) is 10.6 Å². The summed E-state index contributed by atoms with van der Waals surface area (Å²) in [5.41, 5.74) is 2.85. The minimum absolute atomic E-state index is 0.0874. The molecule has 0 spiro atoms. The molecule has 0 aromatic heterocycles. The van der Waals surface area contributed by atoms with E-state index < -0.39 is 12.1 Å². The molecule has 2 atom stereocenters. The summed E-state index contributed by atoms with van der Waals surface area (Å²) in [4.78, 5) is 33.3. The molecule has 2 N–H and O–H groups in total. The van der Waals surface area contributed by atoms with Crippen LogP contribution in [0.3, 0.4) is 0 Å². The Morgan fingerprint density at radius 1 is 1.07 bits per heavy atom. The van der Waals surface area contributed by atoms with Gasteiger partial charge in [-0.1, -0.05) is 0 Å². The molecule has 0 saturated carbocycles. The van der Waals surface area contributed by atoms with Crippen molar-refractivity contribution in [3.63, 3.8) is 0 Å². The van der Waals surface area contributed by atoms with E-state index in [0.717, 1.165) is 30.2 Å². The maximum atomic E-state index is 12.3. The van der Waals surface area contributed by atoms with Crippen LogP contribution in [0.15, 0.2) is 22.5 Å². The average Bonchev–Trinajstić information content (AvgIpc) is 3.06. The minimum atomic E-state index is -5.19. The molecule has 0 aromatic rings. The molecule has 0 amide bonds. The minimum Gasteiger partial charge on any atom is -0.542 e. The molecule has 0 radical (unpaired) electrons. The third-order valence-electron chi connectivity index (χ3n) is 4.86. The summed E-state index contributed by atoms with van der Waals surface area (Å²) < 4.78 is 43.7. The summed E-state index contributed by atoms with van der Waals surface area (Å²) in [6.45, 7) is 5.88. The van der Waals surface area contributed by atoms with Crippen LogP contribution in [-0.4, -0.2) is 60.4 Å². The van der Waals surface area contributed by atoms with Crippen LogP contribution in [0.25, 0.3) is 0 Å². The van der Waals surface area contributed by atoms with Crippen LogP contribution in [0.2, 0.25) is 0 Å². The van der Waals surface area contributed by atoms with Crippen LogP contribution in [-0.2, 0) is 23.9 Å². The zero-order chi connectivity index (χ0) is 22.8. The molecule has 9 nitrogen and oxygen atoms in total. The van der Waals surface area contributed by atoms with E-state index in [4.69, 9.17) is 19.4 Å². The normalized spacial score (nSPS) is 22.4. The van der Waals surface area contributed by atoms with Gasteiger partial charge < -0.3 is 19.4 Å². The molecular weight excluding hydrogens is 411 g/mol. The molecule has 0 aliphatic carbocycles. The van der Waals surface area contributed by atoms with Crippen molar-refractivity contribution in [2.24, 2.45) is 0 Å². The number of nitrogens with one attached hydrogen (secondary N) is 2. The molecule has 3 aliphatic rings. The van der Waals surface area contributed by atoms with Crippen LogP contribution < -0.4 is 15.7 Å². The molecular formula is C18H22F3N3O6. The largest absolute Gasteiger partial charge is 0.542 e. The fourth-order valence-corrected chi connectivity index (χ4v) is 3.74. The molecule has 1 fully saturated rings. The summed E-state index contributed by atoms with van der Waals surface area (Å²) in [7, 11) is 1.39. The number of methoxy groups -OCH3 is 1. The molecule has 1 saturated heterocycles. The van der Waals surface area contributed by atoms with Gasteiger partial charge in [0, 0.05) is 0 Å². The van der Waals surface area contributed by atoms with Crippen LogP contribution in [0.4, 0.5) is 13.2 Å². The van der Waals surface area contributed by atoms with E-state index in [2.05, 4.69) is 15.2 Å². The lowest BCUT2D eigenvalue weighted by molar-refractivity contribution is -0.567. The smallest absolute Gasteiger partial charge is 0.430 e. The van der Waals surface area contributed by atoms with Gasteiger partial charge in [-0.3, -0.25) is 0 Å². The van der Waals surface area contributed by atoms with Crippen LogP contribution in [0, 0.1) is 0 Å². The van der Waals surface area contributed by atoms with Crippen molar-refractivity contribution >= 4 is 23.9 Å². The first-order valence-electron chi connectivity index (χ1n) is 9.08. The Morgan fingerprint density at radius 2 is 1.50 bits per heavy atom. The number of aliphatic carboxylic acids is 1. The second kappa shape index (κ2) is 8.76. The number of alkyl halides is 3. The van der Waals surface area contributed by atoms with Crippen molar-refractivity contribution in [1.29, 1.82) is 0 Å². The number of nitrogens with zero attached hydrogens (tertiary/aromatic N) is 1. The van der Waals surface area contributed by atoms with E-state index in [0.29, 0.717) is 17.8 Å². The maximum absolute atomic E-state index is 12.3. The van der Waals surface area contributed by atoms with Gasteiger partial charge in [0.2, 0.25) is 0 Å². The highest BCUT2D eigenvalue weighted by atomic mass is 19.4. The molecule has 0 bridgehead atoms. The Kier molecular flexibility index (Phi) is 6.78. The number of ether oxygens (including phenoxy) is 2. The van der Waals surface area contributed by atoms with Gasteiger partial charge in [0.05, 0.1) is 25.1 Å². The maximum Gasteiger partial charge on any atom is 0.430 e. The predicted molar refractivity (Wildman–Crippen MR) is 93.5 cm³/mol. The number of guanidine groups is 1. The van der Waals surface area contributed by atoms with E-state index in [1.807, 2.05) is 13.8 Å². The van der Waals surface area contributed by atoms with Crippen molar-refractivity contribution < 1.29 is 46.7 Å². The monoisotopic (exact) mass is 433 g/mol. The molecule has 3 heterocycles. The van der Waals surface area contributed by atoms with Crippen molar-refractivity contribution in [2.45, 2.75) is 51.9 Å². The van der Waals surface area contributed by atoms with Crippen LogP contribution in [0.5, 0.6) is 0 Å². The van der Waals surface area contributed by atoms with Gasteiger partial charge in [-0.25, -0.2) is 24.8 Å². The average molecular weight is 433 g/mol. The number of carboxylic acid groups (broad SMARTS) is 1. The predicted octanol–water partition coefficient (Wildman–Crippen LogP) is -0.325. The number of carbonyl (C=O) groups excluding carboxylic acids is 3. The topological polar surface area (TPSA) is 120 Å². The highest BCUT2D eigenvalue weighted by Gasteiger charge is 2.50. The second-order valence-electron chi connectivity index (χ2n) is 6.69. The Labute approximate surface area is 170 Å². The van der Waals surface area contributed by atoms with Gasteiger partial charge in [-0.05, 0) is 33.6 Å². The van der Waals surface area contributed by atoms with Gasteiger partial charge >= 0.3 is 24.1 Å². The summed E-state index contributed by atoms with van der Waals surface area (Å²) in [6, 6.07) is -0.177. The van der Waals surface area contributed by atoms with E-state index in [-0.39, 0.29) is 24.0 Å². The Balaban J connectivity index is 0.000000396. The van der Waals surface area contributed by atoms with Crippen molar-refractivity contribution in [3.8, 4) is 0 Å². The van der Waals surface area contributed by atoms with Gasteiger partial charge in [0.25, 0.3) is 0 Å². The third-order valence-corrected chi connectivity index (χ3v) is 4.86. The number of hydrogen-bond acceptors (Lipinski definition) is 8. The fraction of sp³-hybridized carbons (Fsp3) is 0.556. The van der Waals surface area contributed by atoms with Crippen molar-refractivity contribution in [2.75, 3.05) is 13.7 Å². The molecule has 3 aliphatic heterocycles. The standard InChI is InChI=1S/C16H21N3O4.C2HF3O2/c1-5-23-15(21)13-9(3)18-16-17-8(2)12(14(20)22-4)10-6-7-11(13)19(10)16;3-2(4,5)1(6)7/h10-11H,5-7H2,1-4H3,(H,17,18,20,21);(H,6,7)/t10-,11+;/m0./s1. The number of halogens is 3. The number of carbonyl (C=O) groups is 3. The Bertz CT molecular complexity index is 860. The number of rotatable bonds is 3. The Hall–Kier alpha value is -3.05. The first kappa shape index (κ1) is 23.2. The van der Waals surface area contributed by atoms with Gasteiger partial charge in [-0.15, -0.1) is 0 Å². The van der Waals surface area contributed by atoms with Gasteiger partial charge in [-0.2, -0.15) is 13.2 Å². The van der Waals surface area contributed by atoms with E-state index >= 15 is 0 Å². The number of allylic oxidation sites excluding steroid dienone is 2. The SMILES string of the molecule is CCOC(=O)C1=C(C)NC2=[N+]3[C@@H]1CC[C@H]3C(C(=O)OC)=C(C)N2.O=C([O-])C(F)(F)F. The third kappa shape index (κ3) is 4.41. The molecule has 3 rings (SSSR count). The van der Waals surface area contributed by atoms with Gasteiger partial charge in [0.1, 0.15) is 29.2 Å². The second-order valence-corrected chi connectivity index (χ2v) is 6.69. The summed E-state index contributed by atoms with van der Waals surface area (Å²) in [5, 5.41) is 15.3. The quantitative estimate of drug-likeness (QED) is 0.459. The van der Waals surface area contributed by atoms with Crippen LogP contribution in [0.1, 0.15) is 33.6 Å². The summed E-state index contributed by atoms with van der Waals surface area (Å²) in [5.74, 6) is -2.82. The lowest BCUT2D eigenvalue weighted by Crippen LogP contribution is -2.56. The van der Waals surface area contributed by atoms with E-state index in [1.54, 1.807) is 6.92 Å². The Morgan fingerprint density at radius 3 is 1.87 bits per heavy atom. The summed E-state index contributed by atoms with van der Waals surface area (Å²) in [6.07, 6.45) is -3.62. The molecule has 0 unspecified atom stereocenters. The van der Waals surface area contributed by atoms with Gasteiger partial charge in [0.15, 0.2) is 0 Å². The lowest BCUT2D eigenvalue weighted by Gasteiger charge is -2.31. The lowest BCUT2D eigenvalue weighted by atomic mass is 10.0. The molecule has 0 aromatic carbocycles.